The van der Waals surface area contributed by atoms with E-state index in [1.54, 1.807) is 11.9 Å². The van der Waals surface area contributed by atoms with Gasteiger partial charge in [-0.05, 0) is 7.05 Å². The minimum atomic E-state index is -1.24. The zero-order chi connectivity index (χ0) is 15.3. The molecule has 3 aliphatic heterocycles. The molecule has 1 amide bonds. The van der Waals surface area contributed by atoms with E-state index >= 15 is 0 Å². The second-order valence-corrected chi connectivity index (χ2v) is 5.31. The van der Waals surface area contributed by atoms with Crippen molar-refractivity contribution in [3.05, 3.63) is 0 Å². The van der Waals surface area contributed by atoms with Gasteiger partial charge in [0.2, 0.25) is 5.96 Å². The van der Waals surface area contributed by atoms with Crippen LogP contribution in [0.2, 0.25) is 0 Å². The van der Waals surface area contributed by atoms with Gasteiger partial charge in [0.15, 0.2) is 6.23 Å². The summed E-state index contributed by atoms with van der Waals surface area (Å²) >= 11 is 0. The first-order valence-corrected chi connectivity index (χ1v) is 6.51. The lowest BCUT2D eigenvalue weighted by molar-refractivity contribution is -0.122. The van der Waals surface area contributed by atoms with Crippen LogP contribution in [-0.2, 0) is 9.53 Å². The monoisotopic (exact) mass is 299 g/mol. The molecule has 10 nitrogen and oxygen atoms in total. The largest absolute Gasteiger partial charge is 0.394 e. The molecule has 21 heavy (non-hydrogen) atoms. The summed E-state index contributed by atoms with van der Waals surface area (Å²) in [6.45, 7) is -0.179. The highest BCUT2D eigenvalue weighted by molar-refractivity contribution is 6.19. The highest BCUT2D eigenvalue weighted by Crippen LogP contribution is 2.29. The molecule has 5 N–H and O–H groups in total. The maximum Gasteiger partial charge on any atom is 0.251 e. The Morgan fingerprint density at radius 1 is 1.48 bits per heavy atom. The smallest absolute Gasteiger partial charge is 0.251 e. The number of guanidine groups is 1. The van der Waals surface area contributed by atoms with E-state index in [0.717, 1.165) is 0 Å². The van der Waals surface area contributed by atoms with Gasteiger partial charge in [-0.25, -0.2) is 0 Å². The lowest BCUT2D eigenvalue weighted by Crippen LogP contribution is -2.53. The Hall–Kier alpha value is -1.59. The van der Waals surface area contributed by atoms with E-state index < -0.39 is 37.2 Å². The maximum absolute atomic E-state index is 11.9. The number of amides is 1. The van der Waals surface area contributed by atoms with Crippen LogP contribution in [0.15, 0.2) is 4.99 Å². The van der Waals surface area contributed by atoms with E-state index in [9.17, 15) is 15.0 Å². The third-order valence-corrected chi connectivity index (χ3v) is 3.90. The van der Waals surface area contributed by atoms with E-state index in [2.05, 4.69) is 10.3 Å². The molecule has 0 spiro atoms. The Bertz CT molecular complexity index is 511. The molecule has 0 radical (unpaired) electrons. The first kappa shape index (κ1) is 14.4. The van der Waals surface area contributed by atoms with Crippen molar-refractivity contribution in [2.45, 2.75) is 30.6 Å². The summed E-state index contributed by atoms with van der Waals surface area (Å²) in [7, 11) is 1.70. The lowest BCUT2D eigenvalue weighted by Gasteiger charge is -2.29. The maximum atomic E-state index is 11.9. The van der Waals surface area contributed by atoms with Crippen molar-refractivity contribution < 1.29 is 24.9 Å². The first-order chi connectivity index (χ1) is 9.93. The van der Waals surface area contributed by atoms with Crippen LogP contribution >= 0.6 is 0 Å². The molecule has 3 aliphatic rings. The molecular weight excluding hydrogens is 282 g/mol. The fraction of sp³-hybridized carbons (Fsp3) is 0.727. The summed E-state index contributed by atoms with van der Waals surface area (Å²) in [6.07, 6.45) is -4.29. The zero-order valence-electron chi connectivity index (χ0n) is 11.3. The average molecular weight is 299 g/mol. The van der Waals surface area contributed by atoms with Gasteiger partial charge in [0.1, 0.15) is 30.2 Å². The minimum absolute atomic E-state index is 0.247. The number of aliphatic imine (C=N–C) groups is 1. The van der Waals surface area contributed by atoms with Gasteiger partial charge in [0, 0.05) is 0 Å². The number of aliphatic hydroxyl groups is 3. The number of hydrogen-bond donors (Lipinski definition) is 5. The number of likely N-dealkylation sites (N-methyl/N-ethyl adjacent to an activating group) is 1. The van der Waals surface area contributed by atoms with E-state index in [4.69, 9.17) is 15.3 Å². The summed E-state index contributed by atoms with van der Waals surface area (Å²) < 4.78 is 5.45. The van der Waals surface area contributed by atoms with E-state index in [-0.39, 0.29) is 18.5 Å². The predicted molar refractivity (Wildman–Crippen MR) is 69.3 cm³/mol. The van der Waals surface area contributed by atoms with Crippen LogP contribution in [0.25, 0.3) is 0 Å². The summed E-state index contributed by atoms with van der Waals surface area (Å²) in [5, 5.41) is 38.9. The third kappa shape index (κ3) is 2.12. The number of rotatable bonds is 2. The highest BCUT2D eigenvalue weighted by Gasteiger charge is 2.52. The van der Waals surface area contributed by atoms with E-state index in [0.29, 0.717) is 5.84 Å². The van der Waals surface area contributed by atoms with Gasteiger partial charge in [-0.1, -0.05) is 0 Å². The fourth-order valence-corrected chi connectivity index (χ4v) is 2.87. The zero-order valence-corrected chi connectivity index (χ0v) is 11.3. The van der Waals surface area contributed by atoms with Gasteiger partial charge < -0.3 is 25.0 Å². The van der Waals surface area contributed by atoms with E-state index in [1.807, 2.05) is 0 Å². The summed E-state index contributed by atoms with van der Waals surface area (Å²) in [6, 6.07) is -0.666. The number of aliphatic hydroxyl groups excluding tert-OH is 3. The molecule has 116 valence electrons. The van der Waals surface area contributed by atoms with Crippen LogP contribution < -0.4 is 5.32 Å². The molecule has 3 heterocycles. The van der Waals surface area contributed by atoms with Crippen LogP contribution in [0.4, 0.5) is 0 Å². The van der Waals surface area contributed by atoms with Gasteiger partial charge in [-0.3, -0.25) is 20.4 Å². The minimum Gasteiger partial charge on any atom is -0.394 e. The Kier molecular flexibility index (Phi) is 3.42. The van der Waals surface area contributed by atoms with Gasteiger partial charge in [0.05, 0.1) is 13.3 Å². The van der Waals surface area contributed by atoms with Crippen molar-refractivity contribution in [1.82, 2.24) is 15.1 Å². The number of amidine groups is 1. The van der Waals surface area contributed by atoms with Crippen molar-refractivity contribution in [1.29, 1.82) is 5.41 Å². The van der Waals surface area contributed by atoms with Gasteiger partial charge in [0.25, 0.3) is 5.91 Å². The summed E-state index contributed by atoms with van der Waals surface area (Å²) in [5.41, 5.74) is 0. The van der Waals surface area contributed by atoms with E-state index in [1.165, 1.54) is 4.90 Å². The number of carbonyl (C=O) groups excluding carboxylic acids is 1. The van der Waals surface area contributed by atoms with Gasteiger partial charge in [-0.15, -0.1) is 0 Å². The second kappa shape index (κ2) is 5.00. The number of hydrogen-bond acceptors (Lipinski definition) is 8. The Balaban J connectivity index is 1.90. The fourth-order valence-electron chi connectivity index (χ4n) is 2.87. The lowest BCUT2D eigenvalue weighted by atomic mass is 10.1. The number of nitrogens with zero attached hydrogens (tertiary/aromatic N) is 3. The van der Waals surface area contributed by atoms with Crippen LogP contribution in [0.3, 0.4) is 0 Å². The quantitative estimate of drug-likeness (QED) is 0.355. The predicted octanol–water partition coefficient (Wildman–Crippen LogP) is -3.54. The molecule has 2 fully saturated rings. The van der Waals surface area contributed by atoms with Crippen LogP contribution in [-0.4, -0.2) is 93.7 Å². The van der Waals surface area contributed by atoms with Crippen molar-refractivity contribution in [3.8, 4) is 0 Å². The molecule has 0 aromatic carbocycles. The van der Waals surface area contributed by atoms with Crippen molar-refractivity contribution >= 4 is 17.7 Å². The molecule has 3 rings (SSSR count). The number of fused-ring (bicyclic) bond motifs is 1. The first-order valence-electron chi connectivity index (χ1n) is 6.51. The molecule has 2 saturated heterocycles. The Labute approximate surface area is 120 Å². The van der Waals surface area contributed by atoms with Crippen LogP contribution in [0.5, 0.6) is 0 Å². The topological polar surface area (TPSA) is 142 Å². The standard InChI is InChI=1S/C11H17N5O5/c1-15-3-16(8-5(15)9(20)14-11(12)13-8)10-7(19)6(18)4(2-17)21-10/h4-7,10,17-19H,2-3H2,1H3,(H2,12,14,20). The molecule has 0 aromatic rings. The molecule has 0 aliphatic carbocycles. The molecular formula is C11H17N5O5. The average Bonchev–Trinajstić information content (AvgIpc) is 2.89. The van der Waals surface area contributed by atoms with Crippen molar-refractivity contribution in [2.24, 2.45) is 4.99 Å². The van der Waals surface area contributed by atoms with Crippen LogP contribution in [0.1, 0.15) is 0 Å². The Morgan fingerprint density at radius 3 is 2.81 bits per heavy atom. The number of carbonyl (C=O) groups is 1. The summed E-state index contributed by atoms with van der Waals surface area (Å²) in [4.78, 5) is 19.1. The normalized spacial score (nSPS) is 40.3. The highest BCUT2D eigenvalue weighted by atomic mass is 16.6. The molecule has 0 aromatic heterocycles. The van der Waals surface area contributed by atoms with Crippen molar-refractivity contribution in [3.63, 3.8) is 0 Å². The number of nitrogens with one attached hydrogen (secondary N) is 2. The molecule has 5 unspecified atom stereocenters. The third-order valence-electron chi connectivity index (χ3n) is 3.90. The Morgan fingerprint density at radius 2 is 2.19 bits per heavy atom. The second-order valence-electron chi connectivity index (χ2n) is 5.31. The van der Waals surface area contributed by atoms with Crippen LogP contribution in [0, 0.1) is 5.41 Å². The molecule has 5 atom stereocenters. The van der Waals surface area contributed by atoms with Crippen molar-refractivity contribution in [2.75, 3.05) is 20.3 Å². The molecule has 10 heteroatoms. The van der Waals surface area contributed by atoms with Gasteiger partial charge in [-0.2, -0.15) is 4.99 Å². The molecule has 0 bridgehead atoms. The van der Waals surface area contributed by atoms with Gasteiger partial charge >= 0.3 is 0 Å². The molecule has 0 saturated carbocycles. The summed E-state index contributed by atoms with van der Waals surface area (Å²) in [5.74, 6) is -0.360. The SMILES string of the molecule is CN1CN(C2OC(CO)C(O)C2O)C2=NC(=N)NC(=O)C21. The number of ether oxygens (including phenoxy) is 1.